The number of fused-ring (bicyclic) bond motifs is 1. The summed E-state index contributed by atoms with van der Waals surface area (Å²) in [4.78, 5) is 13.9. The number of thiazole rings is 1. The predicted octanol–water partition coefficient (Wildman–Crippen LogP) is 1.93. The predicted molar refractivity (Wildman–Crippen MR) is 101 cm³/mol. The zero-order chi connectivity index (χ0) is 17.6. The van der Waals surface area contributed by atoms with E-state index in [-0.39, 0.29) is 0 Å². The molecule has 25 heavy (non-hydrogen) atoms. The lowest BCUT2D eigenvalue weighted by molar-refractivity contribution is 0.392. The number of rotatable bonds is 6. The van der Waals surface area contributed by atoms with Gasteiger partial charge in [-0.25, -0.2) is 19.6 Å². The Kier molecular flexibility index (Phi) is 6.01. The molecule has 7 nitrogen and oxygen atoms in total. The van der Waals surface area contributed by atoms with Gasteiger partial charge >= 0.3 is 0 Å². The Morgan fingerprint density at radius 2 is 2.20 bits per heavy atom. The van der Waals surface area contributed by atoms with E-state index in [0.717, 1.165) is 62.1 Å². The van der Waals surface area contributed by atoms with Crippen molar-refractivity contribution in [3.63, 3.8) is 0 Å². The molecule has 0 aliphatic carbocycles. The molecule has 1 atom stereocenters. The molecule has 3 rings (SSSR count). The average molecular weight is 362 g/mol. The minimum Gasteiger partial charge on any atom is -0.357 e. The van der Waals surface area contributed by atoms with Crippen LogP contribution in [-0.4, -0.2) is 38.3 Å². The molecule has 3 heterocycles. The number of aryl methyl sites for hydroxylation is 3. The van der Waals surface area contributed by atoms with Gasteiger partial charge in [-0.05, 0) is 19.8 Å². The molecule has 8 heteroatoms. The van der Waals surface area contributed by atoms with Crippen molar-refractivity contribution in [1.29, 1.82) is 0 Å². The van der Waals surface area contributed by atoms with Crippen molar-refractivity contribution >= 4 is 17.3 Å². The summed E-state index contributed by atoms with van der Waals surface area (Å²) in [6.07, 6.45) is 3.86. The second-order valence-corrected chi connectivity index (χ2v) is 7.08. The first-order chi connectivity index (χ1) is 12.2. The fourth-order valence-corrected chi connectivity index (χ4v) is 3.62. The zero-order valence-electron chi connectivity index (χ0n) is 15.2. The van der Waals surface area contributed by atoms with Gasteiger partial charge in [0.15, 0.2) is 11.8 Å². The molecule has 0 radical (unpaired) electrons. The highest BCUT2D eigenvalue weighted by molar-refractivity contribution is 7.09. The van der Waals surface area contributed by atoms with Crippen LogP contribution in [0.15, 0.2) is 10.4 Å². The van der Waals surface area contributed by atoms with E-state index in [1.165, 1.54) is 5.01 Å². The Morgan fingerprint density at radius 3 is 2.92 bits per heavy atom. The van der Waals surface area contributed by atoms with Crippen molar-refractivity contribution in [1.82, 2.24) is 30.4 Å². The highest BCUT2D eigenvalue weighted by Gasteiger charge is 2.22. The summed E-state index contributed by atoms with van der Waals surface area (Å²) < 4.78 is 2.04. The van der Waals surface area contributed by atoms with Crippen LogP contribution in [0.5, 0.6) is 0 Å². The highest BCUT2D eigenvalue weighted by Crippen LogP contribution is 2.14. The molecule has 2 aromatic rings. The molecule has 0 bridgehead atoms. The Morgan fingerprint density at radius 1 is 1.32 bits per heavy atom. The number of nitrogens with zero attached hydrogens (tertiary/aromatic N) is 5. The van der Waals surface area contributed by atoms with Crippen LogP contribution < -0.4 is 10.6 Å². The Labute approximate surface area is 153 Å². The molecule has 1 unspecified atom stereocenters. The fraction of sp³-hybridized carbons (Fsp3) is 0.647. The molecule has 0 aromatic carbocycles. The summed E-state index contributed by atoms with van der Waals surface area (Å²) in [6.45, 7) is 8.58. The standard InChI is InChI=1S/C17H27N7S/c1-4-14-22-15-8-7-12(10-24(15)23-14)21-17(18-6-3)19-9-13-11-25-16(5-2)20-13/h11-12H,4-10H2,1-3H3,(H2,18,19,21). The SMILES string of the molecule is CCNC(=NCc1csc(CC)n1)NC1CCc2nc(CC)nn2C1. The number of hydrogen-bond donors (Lipinski definition) is 2. The third-order valence-corrected chi connectivity index (χ3v) is 5.25. The summed E-state index contributed by atoms with van der Waals surface area (Å²) in [7, 11) is 0. The Bertz CT molecular complexity index is 718. The van der Waals surface area contributed by atoms with Gasteiger partial charge in [-0.3, -0.25) is 0 Å². The summed E-state index contributed by atoms with van der Waals surface area (Å²) in [5, 5.41) is 14.7. The van der Waals surface area contributed by atoms with Crippen molar-refractivity contribution < 1.29 is 0 Å². The van der Waals surface area contributed by atoms with Gasteiger partial charge in [0.25, 0.3) is 0 Å². The number of nitrogens with one attached hydrogen (secondary N) is 2. The Balaban J connectivity index is 1.62. The van der Waals surface area contributed by atoms with Gasteiger partial charge in [-0.1, -0.05) is 13.8 Å². The molecule has 0 fully saturated rings. The monoisotopic (exact) mass is 361 g/mol. The lowest BCUT2D eigenvalue weighted by Gasteiger charge is -2.25. The summed E-state index contributed by atoms with van der Waals surface area (Å²) in [5.41, 5.74) is 1.04. The molecule has 0 saturated carbocycles. The number of aromatic nitrogens is 4. The fourth-order valence-electron chi connectivity index (χ4n) is 2.89. The molecular formula is C17H27N7S. The van der Waals surface area contributed by atoms with E-state index in [0.29, 0.717) is 12.6 Å². The molecule has 0 amide bonds. The van der Waals surface area contributed by atoms with E-state index >= 15 is 0 Å². The number of aliphatic imine (C=N–C) groups is 1. The maximum absolute atomic E-state index is 4.70. The topological polar surface area (TPSA) is 80.0 Å². The average Bonchev–Trinajstić information content (AvgIpc) is 3.25. The maximum atomic E-state index is 4.70. The zero-order valence-corrected chi connectivity index (χ0v) is 16.1. The maximum Gasteiger partial charge on any atom is 0.191 e. The van der Waals surface area contributed by atoms with Gasteiger partial charge in [-0.15, -0.1) is 11.3 Å². The minimum atomic E-state index is 0.318. The van der Waals surface area contributed by atoms with Crippen molar-refractivity contribution in [2.45, 2.75) is 65.6 Å². The molecule has 2 N–H and O–H groups in total. The molecule has 1 aliphatic heterocycles. The van der Waals surface area contributed by atoms with E-state index in [2.05, 4.69) is 51.9 Å². The van der Waals surface area contributed by atoms with Crippen molar-refractivity contribution in [3.8, 4) is 0 Å². The first-order valence-corrected chi connectivity index (χ1v) is 10.0. The first kappa shape index (κ1) is 17.8. The van der Waals surface area contributed by atoms with Gasteiger partial charge in [0.1, 0.15) is 5.82 Å². The van der Waals surface area contributed by atoms with Crippen LogP contribution in [0.2, 0.25) is 0 Å². The van der Waals surface area contributed by atoms with Crippen LogP contribution in [0.1, 0.15) is 49.5 Å². The van der Waals surface area contributed by atoms with Crippen molar-refractivity contribution in [2.24, 2.45) is 4.99 Å². The lowest BCUT2D eigenvalue weighted by Crippen LogP contribution is -2.47. The van der Waals surface area contributed by atoms with Crippen molar-refractivity contribution in [2.75, 3.05) is 6.54 Å². The number of guanidine groups is 1. The quantitative estimate of drug-likeness (QED) is 0.607. The van der Waals surface area contributed by atoms with E-state index < -0.39 is 0 Å². The molecular weight excluding hydrogens is 334 g/mol. The molecule has 1 aliphatic rings. The van der Waals surface area contributed by atoms with E-state index in [1.54, 1.807) is 11.3 Å². The first-order valence-electron chi connectivity index (χ1n) is 9.12. The molecule has 2 aromatic heterocycles. The summed E-state index contributed by atoms with van der Waals surface area (Å²) in [5.74, 6) is 2.88. The summed E-state index contributed by atoms with van der Waals surface area (Å²) >= 11 is 1.71. The van der Waals surface area contributed by atoms with E-state index in [4.69, 9.17) is 4.99 Å². The molecule has 0 saturated heterocycles. The van der Waals surface area contributed by atoms with Gasteiger partial charge in [-0.2, -0.15) is 5.10 Å². The third kappa shape index (κ3) is 4.56. The largest absolute Gasteiger partial charge is 0.357 e. The van der Waals surface area contributed by atoms with Crippen LogP contribution >= 0.6 is 11.3 Å². The van der Waals surface area contributed by atoms with Gasteiger partial charge in [0.2, 0.25) is 0 Å². The smallest absolute Gasteiger partial charge is 0.191 e. The normalized spacial score (nSPS) is 17.4. The van der Waals surface area contributed by atoms with Crippen LogP contribution in [-0.2, 0) is 32.4 Å². The van der Waals surface area contributed by atoms with Crippen LogP contribution in [0.4, 0.5) is 0 Å². The minimum absolute atomic E-state index is 0.318. The van der Waals surface area contributed by atoms with E-state index in [1.807, 2.05) is 4.68 Å². The lowest BCUT2D eigenvalue weighted by atomic mass is 10.1. The van der Waals surface area contributed by atoms with Crippen LogP contribution in [0.3, 0.4) is 0 Å². The second kappa shape index (κ2) is 8.42. The van der Waals surface area contributed by atoms with Gasteiger partial charge < -0.3 is 10.6 Å². The second-order valence-electron chi connectivity index (χ2n) is 6.14. The van der Waals surface area contributed by atoms with Crippen molar-refractivity contribution in [3.05, 3.63) is 27.7 Å². The van der Waals surface area contributed by atoms with Gasteiger partial charge in [0, 0.05) is 30.8 Å². The number of hydrogen-bond acceptors (Lipinski definition) is 5. The summed E-state index contributed by atoms with van der Waals surface area (Å²) in [6, 6.07) is 0.318. The molecule has 136 valence electrons. The molecule has 0 spiro atoms. The van der Waals surface area contributed by atoms with Crippen LogP contribution in [0.25, 0.3) is 0 Å². The van der Waals surface area contributed by atoms with Gasteiger partial charge in [0.05, 0.1) is 23.8 Å². The Hall–Kier alpha value is -1.96. The third-order valence-electron chi connectivity index (χ3n) is 4.20. The highest BCUT2D eigenvalue weighted by atomic mass is 32.1. The van der Waals surface area contributed by atoms with Crippen LogP contribution in [0, 0.1) is 0 Å². The van der Waals surface area contributed by atoms with E-state index in [9.17, 15) is 0 Å².